The molecule has 0 saturated heterocycles. The van der Waals surface area contributed by atoms with Gasteiger partial charge in [0.05, 0.1) is 0 Å². The maximum absolute atomic E-state index is 5.54. The Hall–Kier alpha value is -1.36. The molecule has 1 rings (SSSR count). The number of nitrogens with two attached hydrogens (primary N) is 1. The number of hydrogen-bond acceptors (Lipinski definition) is 5. The molecule has 0 saturated carbocycles. The van der Waals surface area contributed by atoms with E-state index in [1.165, 1.54) is 0 Å². The number of aromatic nitrogens is 2. The Balaban J connectivity index is 2.79. The molecule has 1 unspecified atom stereocenters. The zero-order valence-corrected chi connectivity index (χ0v) is 12.1. The van der Waals surface area contributed by atoms with Crippen molar-refractivity contribution in [1.29, 1.82) is 0 Å². The summed E-state index contributed by atoms with van der Waals surface area (Å²) in [5, 5.41) is 3.33. The summed E-state index contributed by atoms with van der Waals surface area (Å²) in [5.74, 6) is 1.76. The van der Waals surface area contributed by atoms with Crippen LogP contribution >= 0.6 is 0 Å². The van der Waals surface area contributed by atoms with Crippen LogP contribution in [0, 0.1) is 0 Å². The molecule has 1 atom stereocenters. The van der Waals surface area contributed by atoms with Gasteiger partial charge in [0.25, 0.3) is 0 Å². The Labute approximate surface area is 110 Å². The zero-order chi connectivity index (χ0) is 13.8. The molecule has 1 aromatic heterocycles. The molecule has 0 bridgehead atoms. The quantitative estimate of drug-likeness (QED) is 0.836. The van der Waals surface area contributed by atoms with Crippen molar-refractivity contribution < 1.29 is 0 Å². The summed E-state index contributed by atoms with van der Waals surface area (Å²) >= 11 is 0. The summed E-state index contributed by atoms with van der Waals surface area (Å²) in [6, 6.07) is 2.29. The van der Waals surface area contributed by atoms with Crippen LogP contribution in [0.25, 0.3) is 0 Å². The van der Waals surface area contributed by atoms with E-state index < -0.39 is 0 Å². The van der Waals surface area contributed by atoms with Gasteiger partial charge in [0.15, 0.2) is 0 Å². The number of nitrogens with zero attached hydrogens (tertiary/aromatic N) is 3. The van der Waals surface area contributed by atoms with Gasteiger partial charge in [0.1, 0.15) is 18.0 Å². The molecule has 0 radical (unpaired) electrons. The first-order valence-electron chi connectivity index (χ1n) is 6.37. The van der Waals surface area contributed by atoms with Gasteiger partial charge in [-0.1, -0.05) is 0 Å². The van der Waals surface area contributed by atoms with E-state index in [-0.39, 0.29) is 5.54 Å². The lowest BCUT2D eigenvalue weighted by Gasteiger charge is -2.33. The zero-order valence-electron chi connectivity index (χ0n) is 12.1. The second kappa shape index (κ2) is 6.00. The molecular weight excluding hydrogens is 226 g/mol. The molecule has 0 fully saturated rings. The minimum atomic E-state index is 0.0362. The fraction of sp³-hybridized carbons (Fsp3) is 0.692. The predicted molar refractivity (Wildman–Crippen MR) is 76.9 cm³/mol. The maximum atomic E-state index is 5.54. The van der Waals surface area contributed by atoms with Gasteiger partial charge in [-0.3, -0.25) is 0 Å². The molecule has 0 aliphatic carbocycles. The Bertz CT molecular complexity index is 372. The molecule has 5 nitrogen and oxygen atoms in total. The normalized spacial score (nSPS) is 13.2. The van der Waals surface area contributed by atoms with Crippen LogP contribution in [-0.2, 0) is 0 Å². The summed E-state index contributed by atoms with van der Waals surface area (Å²) in [6.45, 7) is 9.23. The van der Waals surface area contributed by atoms with Gasteiger partial charge in [-0.2, -0.15) is 0 Å². The number of anilines is 2. The van der Waals surface area contributed by atoms with E-state index in [4.69, 9.17) is 5.73 Å². The smallest absolute Gasteiger partial charge is 0.134 e. The largest absolute Gasteiger partial charge is 0.367 e. The predicted octanol–water partition coefficient (Wildman–Crippen LogP) is 1.86. The third kappa shape index (κ3) is 4.14. The second-order valence-electron chi connectivity index (χ2n) is 5.61. The Morgan fingerprint density at radius 1 is 1.39 bits per heavy atom. The van der Waals surface area contributed by atoms with Crippen molar-refractivity contribution in [3.8, 4) is 0 Å². The Morgan fingerprint density at radius 2 is 2.06 bits per heavy atom. The molecule has 3 N–H and O–H groups in total. The molecule has 0 aliphatic heterocycles. The van der Waals surface area contributed by atoms with Crippen molar-refractivity contribution in [2.24, 2.45) is 5.73 Å². The fourth-order valence-electron chi connectivity index (χ4n) is 1.53. The van der Waals surface area contributed by atoms with Crippen LogP contribution in [0.15, 0.2) is 12.4 Å². The van der Waals surface area contributed by atoms with Crippen molar-refractivity contribution in [2.75, 3.05) is 23.8 Å². The second-order valence-corrected chi connectivity index (χ2v) is 5.61. The summed E-state index contributed by atoms with van der Waals surface area (Å²) in [5.41, 5.74) is 5.57. The van der Waals surface area contributed by atoms with Crippen LogP contribution in [0.4, 0.5) is 11.6 Å². The lowest BCUT2D eigenvalue weighted by molar-refractivity contribution is 0.533. The highest BCUT2D eigenvalue weighted by Crippen LogP contribution is 2.21. The maximum Gasteiger partial charge on any atom is 0.134 e. The van der Waals surface area contributed by atoms with E-state index in [1.807, 2.05) is 13.1 Å². The fourth-order valence-corrected chi connectivity index (χ4v) is 1.53. The standard InChI is InChI=1S/C13H25N5/c1-10(6-7-14)17-11-8-12(16-9-15-11)18(5)13(2,3)4/h8-10H,6-7,14H2,1-5H3,(H,15,16,17). The molecular formula is C13H25N5. The minimum Gasteiger partial charge on any atom is -0.367 e. The van der Waals surface area contributed by atoms with Crippen LogP contribution in [0.5, 0.6) is 0 Å². The van der Waals surface area contributed by atoms with Gasteiger partial charge in [0.2, 0.25) is 0 Å². The molecule has 102 valence electrons. The Kier molecular flexibility index (Phi) is 4.90. The summed E-state index contributed by atoms with van der Waals surface area (Å²) in [6.07, 6.45) is 2.52. The van der Waals surface area contributed by atoms with E-state index in [0.29, 0.717) is 12.6 Å². The summed E-state index contributed by atoms with van der Waals surface area (Å²) in [4.78, 5) is 10.7. The van der Waals surface area contributed by atoms with Crippen LogP contribution in [0.3, 0.4) is 0 Å². The van der Waals surface area contributed by atoms with Crippen LogP contribution in [0.2, 0.25) is 0 Å². The van der Waals surface area contributed by atoms with Gasteiger partial charge in [0, 0.05) is 24.7 Å². The monoisotopic (exact) mass is 251 g/mol. The van der Waals surface area contributed by atoms with Crippen LogP contribution in [0.1, 0.15) is 34.1 Å². The van der Waals surface area contributed by atoms with Gasteiger partial charge >= 0.3 is 0 Å². The van der Waals surface area contributed by atoms with Gasteiger partial charge < -0.3 is 16.0 Å². The molecule has 1 aromatic rings. The van der Waals surface area contributed by atoms with Crippen LogP contribution < -0.4 is 16.0 Å². The highest BCUT2D eigenvalue weighted by molar-refractivity contribution is 5.49. The first-order chi connectivity index (χ1) is 8.34. The number of nitrogens with one attached hydrogen (secondary N) is 1. The first kappa shape index (κ1) is 14.7. The molecule has 18 heavy (non-hydrogen) atoms. The highest BCUT2D eigenvalue weighted by atomic mass is 15.2. The SMILES string of the molecule is CC(CCN)Nc1cc(N(C)C(C)(C)C)ncn1. The molecule has 0 amide bonds. The summed E-state index contributed by atoms with van der Waals surface area (Å²) < 4.78 is 0. The molecule has 1 heterocycles. The van der Waals surface area contributed by atoms with E-state index in [2.05, 4.69) is 47.9 Å². The molecule has 5 heteroatoms. The first-order valence-corrected chi connectivity index (χ1v) is 6.37. The van der Waals surface area contributed by atoms with E-state index in [1.54, 1.807) is 6.33 Å². The number of rotatable bonds is 5. The van der Waals surface area contributed by atoms with Gasteiger partial charge in [-0.15, -0.1) is 0 Å². The van der Waals surface area contributed by atoms with E-state index >= 15 is 0 Å². The average molecular weight is 251 g/mol. The van der Waals surface area contributed by atoms with E-state index in [0.717, 1.165) is 18.1 Å². The number of hydrogen-bond donors (Lipinski definition) is 2. The van der Waals surface area contributed by atoms with Crippen LogP contribution in [-0.4, -0.2) is 35.1 Å². The van der Waals surface area contributed by atoms with Crippen molar-refractivity contribution in [3.63, 3.8) is 0 Å². The summed E-state index contributed by atoms with van der Waals surface area (Å²) in [7, 11) is 2.04. The minimum absolute atomic E-state index is 0.0362. The highest BCUT2D eigenvalue weighted by Gasteiger charge is 2.18. The van der Waals surface area contributed by atoms with Gasteiger partial charge in [-0.05, 0) is 40.7 Å². The topological polar surface area (TPSA) is 67.1 Å². The van der Waals surface area contributed by atoms with Crippen molar-refractivity contribution in [3.05, 3.63) is 12.4 Å². The third-order valence-corrected chi connectivity index (χ3v) is 3.00. The van der Waals surface area contributed by atoms with Crippen molar-refractivity contribution in [2.45, 2.75) is 45.7 Å². The van der Waals surface area contributed by atoms with E-state index in [9.17, 15) is 0 Å². The molecule has 0 spiro atoms. The van der Waals surface area contributed by atoms with Crippen molar-refractivity contribution in [1.82, 2.24) is 9.97 Å². The third-order valence-electron chi connectivity index (χ3n) is 3.00. The average Bonchev–Trinajstić information content (AvgIpc) is 2.27. The molecule has 0 aliphatic rings. The Morgan fingerprint density at radius 3 is 2.61 bits per heavy atom. The van der Waals surface area contributed by atoms with Crippen molar-refractivity contribution >= 4 is 11.6 Å². The lowest BCUT2D eigenvalue weighted by Crippen LogP contribution is -2.38. The molecule has 0 aromatic carbocycles. The van der Waals surface area contributed by atoms with Gasteiger partial charge in [-0.25, -0.2) is 9.97 Å². The lowest BCUT2D eigenvalue weighted by atomic mass is 10.1.